The second-order valence-corrected chi connectivity index (χ2v) is 11.1. The molecule has 22 heteroatoms. The second-order valence-electron chi connectivity index (χ2n) is 8.79. The van der Waals surface area contributed by atoms with E-state index in [1.54, 1.807) is 0 Å². The van der Waals surface area contributed by atoms with Gasteiger partial charge in [0.25, 0.3) is 17.9 Å². The maximum atomic E-state index is 13.7. The summed E-state index contributed by atoms with van der Waals surface area (Å²) in [4.78, 5) is 47.9. The molecule has 2 amide bonds. The van der Waals surface area contributed by atoms with Gasteiger partial charge in [-0.2, -0.15) is 21.6 Å². The fraction of sp³-hybridized carbons (Fsp3) is 0.364. The normalized spacial score (nSPS) is 18.4. The first-order chi connectivity index (χ1) is 20.4. The van der Waals surface area contributed by atoms with Crippen molar-refractivity contribution >= 4 is 56.1 Å². The molecule has 3 rings (SSSR count). The Morgan fingerprint density at radius 2 is 1.91 bits per heavy atom. The number of nitrogens with zero attached hydrogens (tertiary/aromatic N) is 4. The van der Waals surface area contributed by atoms with E-state index in [0.717, 1.165) is 6.92 Å². The molecule has 1 aliphatic rings. The molecule has 1 aromatic carbocycles. The van der Waals surface area contributed by atoms with Crippen LogP contribution in [0.15, 0.2) is 34.4 Å². The fourth-order valence-electron chi connectivity index (χ4n) is 3.63. The molecule has 0 spiro atoms. The van der Waals surface area contributed by atoms with Crippen LogP contribution in [-0.4, -0.2) is 94.6 Å². The largest absolute Gasteiger partial charge is 0.489 e. The molecule has 1 unspecified atom stereocenters. The fourth-order valence-corrected chi connectivity index (χ4v) is 5.21. The lowest BCUT2D eigenvalue weighted by atomic mass is 10.0. The van der Waals surface area contributed by atoms with Crippen LogP contribution in [0.25, 0.3) is 0 Å². The van der Waals surface area contributed by atoms with Crippen LogP contribution in [0.2, 0.25) is 0 Å². The molecular formula is C22H25F3N8O9S2. The van der Waals surface area contributed by atoms with Crippen molar-refractivity contribution in [2.24, 2.45) is 21.6 Å². The lowest BCUT2D eigenvalue weighted by Crippen LogP contribution is -2.71. The van der Waals surface area contributed by atoms with Crippen molar-refractivity contribution in [2.45, 2.75) is 31.3 Å². The number of nitrogens with two attached hydrogens (primary N) is 3. The summed E-state index contributed by atoms with van der Waals surface area (Å²) in [6, 6.07) is 2.89. The van der Waals surface area contributed by atoms with Crippen molar-refractivity contribution in [3.8, 4) is 5.75 Å². The van der Waals surface area contributed by atoms with E-state index >= 15 is 0 Å². The highest BCUT2D eigenvalue weighted by Gasteiger charge is 2.52. The third kappa shape index (κ3) is 7.89. The molecule has 9 N–H and O–H groups in total. The number of aliphatic imine (C=N–C) groups is 1. The molecule has 0 bridgehead atoms. The maximum absolute atomic E-state index is 13.7. The van der Waals surface area contributed by atoms with Crippen molar-refractivity contribution in [3.63, 3.8) is 0 Å². The quantitative estimate of drug-likeness (QED) is 0.0502. The molecule has 0 radical (unpaired) electrons. The van der Waals surface area contributed by atoms with E-state index in [1.165, 1.54) is 24.3 Å². The summed E-state index contributed by atoms with van der Waals surface area (Å²) in [5.74, 6) is -4.21. The van der Waals surface area contributed by atoms with Gasteiger partial charge in [0.2, 0.25) is 0 Å². The average molecular weight is 667 g/mol. The minimum atomic E-state index is -5.10. The number of alkyl halides is 3. The Balaban J connectivity index is 1.86. The molecule has 1 saturated heterocycles. The number of carbonyl (C=O) groups excluding carboxylic acids is 2. The molecule has 1 aromatic heterocycles. The SMILES string of the molecule is C[C@H]1[C@H](NC(=O)C(=NOC(COc2ccc(C(N)=NCCN)cc2)C(=O)O)c2nc(N)sc2C(F)(F)F)C(=O)N1S(=O)(=O)O. The Labute approximate surface area is 250 Å². The Hall–Kier alpha value is -4.54. The topological polar surface area (TPSA) is 275 Å². The zero-order valence-electron chi connectivity index (χ0n) is 22.4. The highest BCUT2D eigenvalue weighted by atomic mass is 32.2. The van der Waals surface area contributed by atoms with Crippen LogP contribution < -0.4 is 27.3 Å². The molecule has 1 fully saturated rings. The van der Waals surface area contributed by atoms with E-state index in [2.05, 4.69) is 15.1 Å². The number of carbonyl (C=O) groups is 3. The molecule has 17 nitrogen and oxygen atoms in total. The van der Waals surface area contributed by atoms with Gasteiger partial charge < -0.3 is 37.2 Å². The number of thiazole rings is 1. The van der Waals surface area contributed by atoms with Crippen molar-refractivity contribution < 1.29 is 55.2 Å². The van der Waals surface area contributed by atoms with E-state index in [9.17, 15) is 41.1 Å². The monoisotopic (exact) mass is 666 g/mol. The number of ether oxygens (including phenoxy) is 1. The smallest absolute Gasteiger partial charge is 0.427 e. The van der Waals surface area contributed by atoms with Gasteiger partial charge >= 0.3 is 22.4 Å². The summed E-state index contributed by atoms with van der Waals surface area (Å²) in [5, 5.41) is 14.2. The zero-order chi connectivity index (χ0) is 33.0. The van der Waals surface area contributed by atoms with E-state index in [4.69, 9.17) is 31.3 Å². The number of hydrogen-bond acceptors (Lipinski definition) is 13. The van der Waals surface area contributed by atoms with Gasteiger partial charge in [-0.1, -0.05) is 16.5 Å². The third-order valence-electron chi connectivity index (χ3n) is 5.72. The van der Waals surface area contributed by atoms with E-state index in [-0.39, 0.29) is 33.8 Å². The summed E-state index contributed by atoms with van der Waals surface area (Å²) in [5.41, 5.74) is 14.7. The number of aromatic nitrogens is 1. The summed E-state index contributed by atoms with van der Waals surface area (Å²) >= 11 is -0.0609. The number of oxime groups is 1. The first-order valence-electron chi connectivity index (χ1n) is 12.1. The summed E-state index contributed by atoms with van der Waals surface area (Å²) in [6.45, 7) is 0.930. The predicted octanol–water partition coefficient (Wildman–Crippen LogP) is -0.821. The number of aliphatic carboxylic acids is 1. The van der Waals surface area contributed by atoms with Crippen LogP contribution in [0.5, 0.6) is 5.75 Å². The molecule has 2 aromatic rings. The highest BCUT2D eigenvalue weighted by Crippen LogP contribution is 2.38. The van der Waals surface area contributed by atoms with Gasteiger partial charge in [-0.05, 0) is 31.2 Å². The summed E-state index contributed by atoms with van der Waals surface area (Å²) in [7, 11) is -4.99. The third-order valence-corrected chi connectivity index (χ3v) is 7.66. The van der Waals surface area contributed by atoms with Gasteiger partial charge in [0.05, 0.1) is 12.6 Å². The van der Waals surface area contributed by atoms with Gasteiger partial charge in [-0.15, -0.1) is 0 Å². The number of amidine groups is 1. The van der Waals surface area contributed by atoms with Gasteiger partial charge in [-0.3, -0.25) is 19.1 Å². The number of anilines is 1. The number of amides is 2. The van der Waals surface area contributed by atoms with Crippen molar-refractivity contribution in [1.29, 1.82) is 0 Å². The molecule has 2 heterocycles. The van der Waals surface area contributed by atoms with Gasteiger partial charge in [-0.25, -0.2) is 14.1 Å². The van der Waals surface area contributed by atoms with Gasteiger partial charge in [0.15, 0.2) is 10.8 Å². The van der Waals surface area contributed by atoms with E-state index in [1.807, 2.05) is 5.32 Å². The van der Waals surface area contributed by atoms with Crippen LogP contribution in [0.4, 0.5) is 18.3 Å². The minimum Gasteiger partial charge on any atom is -0.489 e. The van der Waals surface area contributed by atoms with Crippen molar-refractivity contribution in [2.75, 3.05) is 25.4 Å². The first kappa shape index (κ1) is 34.0. The van der Waals surface area contributed by atoms with Crippen LogP contribution in [0, 0.1) is 0 Å². The zero-order valence-corrected chi connectivity index (χ0v) is 24.0. The number of β-lactam (4-membered cyclic amide) rings is 1. The molecular weight excluding hydrogens is 641 g/mol. The van der Waals surface area contributed by atoms with Gasteiger partial charge in [0, 0.05) is 12.1 Å². The molecule has 240 valence electrons. The summed E-state index contributed by atoms with van der Waals surface area (Å²) in [6.07, 6.45) is -7.09. The minimum absolute atomic E-state index is 0.0267. The van der Waals surface area contributed by atoms with Crippen molar-refractivity contribution in [1.82, 2.24) is 14.6 Å². The van der Waals surface area contributed by atoms with Crippen LogP contribution >= 0.6 is 11.3 Å². The first-order valence-corrected chi connectivity index (χ1v) is 14.3. The predicted molar refractivity (Wildman–Crippen MR) is 147 cm³/mol. The number of carboxylic acids is 1. The Morgan fingerprint density at radius 3 is 2.43 bits per heavy atom. The van der Waals surface area contributed by atoms with Crippen LogP contribution in [0.1, 0.15) is 23.1 Å². The molecule has 1 aliphatic heterocycles. The lowest BCUT2D eigenvalue weighted by Gasteiger charge is -2.42. The van der Waals surface area contributed by atoms with Crippen LogP contribution in [-0.2, 0) is 35.7 Å². The van der Waals surface area contributed by atoms with E-state index < -0.39 is 80.5 Å². The van der Waals surface area contributed by atoms with Crippen molar-refractivity contribution in [3.05, 3.63) is 40.4 Å². The number of nitrogen functional groups attached to an aromatic ring is 1. The number of rotatable bonds is 13. The number of hydrogen-bond donors (Lipinski definition) is 6. The number of carboxylic acid groups (broad SMARTS) is 1. The lowest BCUT2D eigenvalue weighted by molar-refractivity contribution is -0.152. The number of benzene rings is 1. The molecule has 44 heavy (non-hydrogen) atoms. The Bertz CT molecular complexity index is 1580. The molecule has 3 atom stereocenters. The number of halogens is 3. The van der Waals surface area contributed by atoms with Gasteiger partial charge in [0.1, 0.15) is 34.8 Å². The average Bonchev–Trinajstić information content (AvgIpc) is 3.33. The summed E-state index contributed by atoms with van der Waals surface area (Å²) < 4.78 is 78.3. The Kier molecular flexibility index (Phi) is 10.3. The maximum Gasteiger partial charge on any atom is 0.427 e. The molecule has 0 aliphatic carbocycles. The Morgan fingerprint density at radius 1 is 1.27 bits per heavy atom. The van der Waals surface area contributed by atoms with Crippen LogP contribution in [0.3, 0.4) is 0 Å². The number of nitrogens with one attached hydrogen (secondary N) is 1. The van der Waals surface area contributed by atoms with E-state index in [0.29, 0.717) is 12.1 Å². The standard InChI is InChI=1S/C22H25F3N8O9S2/c1-9-13(19(35)33(9)44(38,39)40)30-18(34)15(14-16(22(23,24)25)43-21(28)31-14)32-42-12(20(36)37)8-41-11-4-2-10(3-5-11)17(27)29-7-6-26/h2-5,9,12-13H,6-8,26H2,1H3,(H2,27,29)(H2,28,31)(H,30,34)(H,36,37)(H,38,39,40)/t9-,12?,13-/m0/s1. The highest BCUT2D eigenvalue weighted by molar-refractivity contribution is 7.84. The second kappa shape index (κ2) is 13.4. The molecule has 0 saturated carbocycles.